The Labute approximate surface area is 446 Å². The summed E-state index contributed by atoms with van der Waals surface area (Å²) < 4.78 is 41.6. The van der Waals surface area contributed by atoms with Gasteiger partial charge in [0.2, 0.25) is 11.4 Å². The van der Waals surface area contributed by atoms with Crippen molar-refractivity contribution in [3.8, 4) is 0 Å². The lowest BCUT2D eigenvalue weighted by Gasteiger charge is -2.70. The first-order valence-electron chi connectivity index (χ1n) is 28.1. The van der Waals surface area contributed by atoms with E-state index in [0.717, 1.165) is 30.4 Å². The van der Waals surface area contributed by atoms with Gasteiger partial charge < -0.3 is 14.3 Å². The number of allylic oxidation sites excluding steroid dienone is 8. The number of Topliss-reactive ketones (excluding diaryl/α,β-unsaturated/α-hetero) is 3. The van der Waals surface area contributed by atoms with Crippen LogP contribution in [0.5, 0.6) is 0 Å². The predicted molar refractivity (Wildman–Crippen MR) is 283 cm³/mol. The third-order valence-corrected chi connectivity index (χ3v) is 25.2. The predicted octanol–water partition coefficient (Wildman–Crippen LogP) is 14.1. The van der Waals surface area contributed by atoms with Crippen LogP contribution in [0, 0.1) is 102 Å². The largest absolute Gasteiger partial charge is 0.469 e. The van der Waals surface area contributed by atoms with Gasteiger partial charge in [0.25, 0.3) is 0 Å². The second kappa shape index (κ2) is 16.1. The van der Waals surface area contributed by atoms with E-state index in [2.05, 4.69) is 58.2 Å². The summed E-state index contributed by atoms with van der Waals surface area (Å²) in [5.74, 6) is -3.32. The van der Waals surface area contributed by atoms with Crippen LogP contribution in [0.2, 0.25) is 0 Å². The van der Waals surface area contributed by atoms with E-state index >= 15 is 8.78 Å². The molecule has 6 fully saturated rings. The van der Waals surface area contributed by atoms with Crippen LogP contribution in [0.25, 0.3) is 9.69 Å². The SMILES string of the molecule is [C-]#[N+]C1=C[C@]2(C)C3=CC(=O)[C@]4(F)[C@@H]5CC(C)(C)CC[C@]5(C(=O)OC)CC[C@@]4(C)[C@]3(C)CC[C@H]2C(C)(C)C1=O.[C-]#[N+]C1=C[C@]2(C)C3=CC(=O)[C@]4(F)[C@@H]5CC(C)(C)CC[C@]5(C(C)=O)CC[C@@]4(C)[C@]3(C)CC[C@H]2C(C)(C)C1=O. The molecule has 10 rings (SSSR count). The van der Waals surface area contributed by atoms with Crippen LogP contribution in [-0.4, -0.2) is 53.3 Å². The van der Waals surface area contributed by atoms with Crippen LogP contribution in [0.4, 0.5) is 8.78 Å². The van der Waals surface area contributed by atoms with Gasteiger partial charge in [0, 0.05) is 49.7 Å². The molecule has 10 aliphatic carbocycles. The lowest BCUT2D eigenvalue weighted by molar-refractivity contribution is -0.224. The Morgan fingerprint density at radius 3 is 1.24 bits per heavy atom. The first-order chi connectivity index (χ1) is 34.3. The van der Waals surface area contributed by atoms with Gasteiger partial charge >= 0.3 is 5.97 Å². The maximum atomic E-state index is 18.2. The van der Waals surface area contributed by atoms with E-state index in [1.165, 1.54) is 13.2 Å². The first-order valence-corrected chi connectivity index (χ1v) is 28.1. The minimum absolute atomic E-state index is 0.0210. The number of fused-ring (bicyclic) bond motifs is 14. The van der Waals surface area contributed by atoms with E-state index in [0.29, 0.717) is 70.6 Å². The van der Waals surface area contributed by atoms with Crippen molar-refractivity contribution in [1.82, 2.24) is 0 Å². The molecule has 10 aliphatic rings. The molecule has 11 heteroatoms. The normalized spacial score (nSPS) is 47.3. The highest BCUT2D eigenvalue weighted by atomic mass is 19.1. The van der Waals surface area contributed by atoms with Crippen molar-refractivity contribution in [3.05, 3.63) is 69.7 Å². The number of alkyl halides is 2. The molecular weight excluding hydrogens is 947 g/mol. The Morgan fingerprint density at radius 1 is 0.533 bits per heavy atom. The molecule has 0 radical (unpaired) electrons. The molecule has 0 aromatic heterocycles. The van der Waals surface area contributed by atoms with E-state index in [-0.39, 0.29) is 51.4 Å². The molecule has 0 aromatic carbocycles. The van der Waals surface area contributed by atoms with Crippen molar-refractivity contribution in [2.24, 2.45) is 88.7 Å². The van der Waals surface area contributed by atoms with E-state index < -0.39 is 94.9 Å². The zero-order chi connectivity index (χ0) is 55.9. The van der Waals surface area contributed by atoms with Crippen LogP contribution in [0.15, 0.2) is 46.8 Å². The Balaban J connectivity index is 0.000000184. The summed E-state index contributed by atoms with van der Waals surface area (Å²) in [6.07, 6.45) is 15.1. The Kier molecular flexibility index (Phi) is 11.9. The summed E-state index contributed by atoms with van der Waals surface area (Å²) >= 11 is 0. The van der Waals surface area contributed by atoms with E-state index in [1.807, 2.05) is 48.5 Å². The fraction of sp³-hybridized carbons (Fsp3) is 0.750. The topological polar surface area (TPSA) is 120 Å². The van der Waals surface area contributed by atoms with Crippen LogP contribution >= 0.6 is 0 Å². The third kappa shape index (κ3) is 6.48. The minimum Gasteiger partial charge on any atom is -0.469 e. The second-order valence-corrected chi connectivity index (χ2v) is 29.9. The average molecular weight is 1030 g/mol. The number of carbonyl (C=O) groups is 6. The number of nitrogens with zero attached hydrogens (tertiary/aromatic N) is 2. The molecule has 406 valence electrons. The molecule has 0 bridgehead atoms. The van der Waals surface area contributed by atoms with Gasteiger partial charge in [0.15, 0.2) is 34.5 Å². The van der Waals surface area contributed by atoms with Gasteiger partial charge in [0.05, 0.1) is 25.7 Å². The molecule has 0 aromatic rings. The molecule has 0 saturated heterocycles. The van der Waals surface area contributed by atoms with Crippen LogP contribution < -0.4 is 0 Å². The lowest BCUT2D eigenvalue weighted by atomic mass is 9.33. The molecule has 9 nitrogen and oxygen atoms in total. The number of ether oxygens (including phenoxy) is 1. The fourth-order valence-corrected chi connectivity index (χ4v) is 20.2. The van der Waals surface area contributed by atoms with Crippen molar-refractivity contribution >= 4 is 34.9 Å². The number of methoxy groups -OCH3 is 1. The summed E-state index contributed by atoms with van der Waals surface area (Å²) in [5, 5.41) is 0. The first kappa shape index (κ1) is 55.4. The van der Waals surface area contributed by atoms with E-state index in [9.17, 15) is 28.8 Å². The Bertz CT molecular complexity index is 2870. The minimum atomic E-state index is -2.22. The zero-order valence-corrected chi connectivity index (χ0v) is 48.0. The monoisotopic (exact) mass is 1030 g/mol. The number of esters is 1. The van der Waals surface area contributed by atoms with Crippen molar-refractivity contribution in [2.75, 3.05) is 7.11 Å². The second-order valence-electron chi connectivity index (χ2n) is 29.9. The molecule has 0 aliphatic heterocycles. The molecule has 6 saturated carbocycles. The summed E-state index contributed by atoms with van der Waals surface area (Å²) in [6, 6.07) is 0. The summed E-state index contributed by atoms with van der Waals surface area (Å²) in [4.78, 5) is 88.7. The highest BCUT2D eigenvalue weighted by molar-refractivity contribution is 6.06. The highest BCUT2D eigenvalue weighted by Crippen LogP contribution is 2.79. The van der Waals surface area contributed by atoms with Crippen molar-refractivity contribution in [1.29, 1.82) is 0 Å². The van der Waals surface area contributed by atoms with E-state index in [4.69, 9.17) is 17.9 Å². The number of ketones is 5. The molecular formula is C64H84F2N2O7. The highest BCUT2D eigenvalue weighted by Gasteiger charge is 2.80. The summed E-state index contributed by atoms with van der Waals surface area (Å²) in [6.45, 7) is 45.3. The summed E-state index contributed by atoms with van der Waals surface area (Å²) in [7, 11) is 1.37. The zero-order valence-electron chi connectivity index (χ0n) is 48.0. The van der Waals surface area contributed by atoms with Gasteiger partial charge in [-0.25, -0.2) is 18.5 Å². The molecule has 0 heterocycles. The van der Waals surface area contributed by atoms with Gasteiger partial charge in [-0.3, -0.25) is 19.2 Å². The molecule has 0 amide bonds. The summed E-state index contributed by atoms with van der Waals surface area (Å²) in [5.41, 5.74) is -10.8. The van der Waals surface area contributed by atoms with Crippen molar-refractivity contribution in [2.45, 2.75) is 205 Å². The molecule has 75 heavy (non-hydrogen) atoms. The molecule has 0 N–H and O–H groups in total. The quantitative estimate of drug-likeness (QED) is 0.199. The van der Waals surface area contributed by atoms with Crippen LogP contribution in [0.1, 0.15) is 194 Å². The fourth-order valence-electron chi connectivity index (χ4n) is 20.2. The number of hydrogen-bond acceptors (Lipinski definition) is 7. The van der Waals surface area contributed by atoms with Gasteiger partial charge in [-0.1, -0.05) is 120 Å². The van der Waals surface area contributed by atoms with Crippen LogP contribution in [0.3, 0.4) is 0 Å². The smallest absolute Gasteiger partial charge is 0.312 e. The number of carbonyl (C=O) groups excluding carboxylic acids is 6. The van der Waals surface area contributed by atoms with Gasteiger partial charge in [-0.15, -0.1) is 0 Å². The number of hydrogen-bond donors (Lipinski definition) is 0. The number of halogens is 2. The van der Waals surface area contributed by atoms with Crippen molar-refractivity contribution in [3.63, 3.8) is 0 Å². The van der Waals surface area contributed by atoms with Gasteiger partial charge in [0.1, 0.15) is 5.78 Å². The van der Waals surface area contributed by atoms with Crippen molar-refractivity contribution < 1.29 is 42.3 Å². The average Bonchev–Trinajstić information content (AvgIpc) is 3.32. The standard InChI is InChI=1S/C32H42FNO4.C32H42FNO3/c1-26(2)12-14-31(25(37)38-9)15-13-30(7)29(6)11-10-20-27(3,4)24(36)19(34-8)17-28(20,5)21(29)16-23(35)32(30,33)22(31)18-26;1-19(35)31-14-12-26(2,3)18-23(31)32(33)24(36)16-22-28(6)17-20(34-9)25(37)27(4,5)21(28)10-11-29(22,7)30(32,8)13-15-31/h16-17,20,22H,10-15,18H2,1-7,9H3;16-17,21,23H,10-15,18H2,1-8H3/t20-,22+,28-,29+,30-,31-,32+;21-,23+,28-,29+,30-,31+,32+/m00/s1. The van der Waals surface area contributed by atoms with E-state index in [1.54, 1.807) is 25.2 Å². The molecule has 0 spiro atoms. The maximum Gasteiger partial charge on any atom is 0.312 e. The Hall–Kier alpha value is -4.38. The van der Waals surface area contributed by atoms with Gasteiger partial charge in [-0.2, -0.15) is 0 Å². The Morgan fingerprint density at radius 2 is 0.880 bits per heavy atom. The third-order valence-electron chi connectivity index (χ3n) is 25.2. The molecule has 14 atom stereocenters. The van der Waals surface area contributed by atoms with Gasteiger partial charge in [-0.05, 0) is 142 Å². The molecule has 0 unspecified atom stereocenters. The lowest BCUT2D eigenvalue weighted by Crippen LogP contribution is -2.73. The van der Waals surface area contributed by atoms with Crippen LogP contribution in [-0.2, 0) is 33.5 Å². The maximum absolute atomic E-state index is 18.2. The number of rotatable bonds is 2.